The topological polar surface area (TPSA) is 64.6 Å². The molecule has 0 amide bonds. The molecule has 2 aromatic carbocycles. The summed E-state index contributed by atoms with van der Waals surface area (Å²) in [5, 5.41) is 3.24. The van der Waals surface area contributed by atoms with Gasteiger partial charge >= 0.3 is 5.97 Å². The summed E-state index contributed by atoms with van der Waals surface area (Å²) in [7, 11) is 2.89. The minimum Gasteiger partial charge on any atom is -0.496 e. The SMILES string of the molecule is COC(=O)C1=C(C)NC2=C(C(=O)C[C@@H](c3ccccc3OC)C2)[C@@H]1c1ccccc1F. The van der Waals surface area contributed by atoms with Crippen LogP contribution in [0.1, 0.15) is 42.7 Å². The first-order chi connectivity index (χ1) is 15.0. The zero-order valence-corrected chi connectivity index (χ0v) is 17.7. The van der Waals surface area contributed by atoms with Crippen molar-refractivity contribution in [2.45, 2.75) is 31.6 Å². The van der Waals surface area contributed by atoms with Gasteiger partial charge in [-0.25, -0.2) is 9.18 Å². The monoisotopic (exact) mass is 421 g/mol. The molecule has 0 spiro atoms. The molecule has 0 fully saturated rings. The highest BCUT2D eigenvalue weighted by molar-refractivity contribution is 6.04. The second-order valence-corrected chi connectivity index (χ2v) is 7.77. The molecule has 31 heavy (non-hydrogen) atoms. The highest BCUT2D eigenvalue weighted by atomic mass is 19.1. The molecule has 0 unspecified atom stereocenters. The number of ketones is 1. The van der Waals surface area contributed by atoms with E-state index in [1.165, 1.54) is 13.2 Å². The van der Waals surface area contributed by atoms with Crippen LogP contribution >= 0.6 is 0 Å². The maximum Gasteiger partial charge on any atom is 0.336 e. The average Bonchev–Trinajstić information content (AvgIpc) is 2.78. The Labute approximate surface area is 180 Å². The Balaban J connectivity index is 1.84. The van der Waals surface area contributed by atoms with E-state index < -0.39 is 17.7 Å². The zero-order valence-electron chi connectivity index (χ0n) is 17.7. The molecule has 2 aromatic rings. The summed E-state index contributed by atoms with van der Waals surface area (Å²) in [6.45, 7) is 1.75. The number of methoxy groups -OCH3 is 2. The lowest BCUT2D eigenvalue weighted by Crippen LogP contribution is -2.36. The number of Topliss-reactive ketones (excluding diaryl/α,β-unsaturated/α-hetero) is 1. The van der Waals surface area contributed by atoms with Crippen LogP contribution in [-0.2, 0) is 14.3 Å². The Bertz CT molecular complexity index is 1120. The Morgan fingerprint density at radius 3 is 2.39 bits per heavy atom. The number of ether oxygens (including phenoxy) is 2. The molecule has 4 rings (SSSR count). The van der Waals surface area contributed by atoms with Crippen LogP contribution < -0.4 is 10.1 Å². The van der Waals surface area contributed by atoms with Crippen molar-refractivity contribution in [2.75, 3.05) is 14.2 Å². The van der Waals surface area contributed by atoms with Crippen LogP contribution in [0.5, 0.6) is 5.75 Å². The predicted octanol–water partition coefficient (Wildman–Crippen LogP) is 4.37. The number of dihydropyridines is 1. The van der Waals surface area contributed by atoms with E-state index in [0.717, 1.165) is 11.3 Å². The number of hydrogen-bond donors (Lipinski definition) is 1. The third-order valence-electron chi connectivity index (χ3n) is 6.03. The van der Waals surface area contributed by atoms with Crippen LogP contribution in [0.4, 0.5) is 4.39 Å². The summed E-state index contributed by atoms with van der Waals surface area (Å²) < 4.78 is 25.3. The zero-order chi connectivity index (χ0) is 22.1. The van der Waals surface area contributed by atoms with Gasteiger partial charge in [-0.1, -0.05) is 36.4 Å². The Morgan fingerprint density at radius 1 is 1.03 bits per heavy atom. The largest absolute Gasteiger partial charge is 0.496 e. The van der Waals surface area contributed by atoms with Gasteiger partial charge in [-0.15, -0.1) is 0 Å². The second-order valence-electron chi connectivity index (χ2n) is 7.77. The first-order valence-electron chi connectivity index (χ1n) is 10.2. The van der Waals surface area contributed by atoms with Gasteiger partial charge in [0.1, 0.15) is 11.6 Å². The Hall–Kier alpha value is -3.41. The molecule has 0 saturated carbocycles. The van der Waals surface area contributed by atoms with Crippen LogP contribution in [0, 0.1) is 5.82 Å². The smallest absolute Gasteiger partial charge is 0.336 e. The van der Waals surface area contributed by atoms with E-state index in [1.807, 2.05) is 24.3 Å². The molecule has 6 heteroatoms. The van der Waals surface area contributed by atoms with Gasteiger partial charge in [0.15, 0.2) is 5.78 Å². The van der Waals surface area contributed by atoms with E-state index >= 15 is 0 Å². The number of rotatable bonds is 4. The molecule has 2 aliphatic rings. The van der Waals surface area contributed by atoms with E-state index in [4.69, 9.17) is 9.47 Å². The molecule has 160 valence electrons. The molecule has 0 saturated heterocycles. The van der Waals surface area contributed by atoms with Gasteiger partial charge in [-0.3, -0.25) is 4.79 Å². The van der Waals surface area contributed by atoms with Crippen LogP contribution in [0.25, 0.3) is 0 Å². The van der Waals surface area contributed by atoms with E-state index in [9.17, 15) is 14.0 Å². The molecule has 5 nitrogen and oxygen atoms in total. The molecule has 1 aliphatic heterocycles. The predicted molar refractivity (Wildman–Crippen MR) is 114 cm³/mol. The number of halogens is 1. The molecule has 1 N–H and O–H groups in total. The van der Waals surface area contributed by atoms with E-state index in [2.05, 4.69) is 5.32 Å². The fourth-order valence-corrected chi connectivity index (χ4v) is 4.66. The van der Waals surface area contributed by atoms with Crippen molar-refractivity contribution in [3.63, 3.8) is 0 Å². The van der Waals surface area contributed by atoms with Gasteiger partial charge in [-0.2, -0.15) is 0 Å². The molecule has 2 atom stereocenters. The summed E-state index contributed by atoms with van der Waals surface area (Å²) in [5.74, 6) is -1.32. The Morgan fingerprint density at radius 2 is 1.71 bits per heavy atom. The summed E-state index contributed by atoms with van der Waals surface area (Å²) in [5.41, 5.74) is 3.21. The first kappa shape index (κ1) is 20.8. The first-order valence-corrected chi connectivity index (χ1v) is 10.2. The maximum atomic E-state index is 14.8. The minimum absolute atomic E-state index is 0.0800. The van der Waals surface area contributed by atoms with Crippen molar-refractivity contribution in [1.82, 2.24) is 5.32 Å². The molecular formula is C25H24FNO4. The molecule has 0 aromatic heterocycles. The van der Waals surface area contributed by atoms with E-state index in [0.29, 0.717) is 29.0 Å². The number of allylic oxidation sites excluding steroid dienone is 3. The average molecular weight is 421 g/mol. The fraction of sp³-hybridized carbons (Fsp3) is 0.280. The van der Waals surface area contributed by atoms with Crippen molar-refractivity contribution in [2.24, 2.45) is 0 Å². The quantitative estimate of drug-likeness (QED) is 0.743. The minimum atomic E-state index is -0.809. The van der Waals surface area contributed by atoms with E-state index in [-0.39, 0.29) is 23.7 Å². The summed E-state index contributed by atoms with van der Waals surface area (Å²) in [6, 6.07) is 13.9. The van der Waals surface area contributed by atoms with Gasteiger partial charge in [0, 0.05) is 34.9 Å². The number of esters is 1. The van der Waals surface area contributed by atoms with Gasteiger partial charge in [0.2, 0.25) is 0 Å². The van der Waals surface area contributed by atoms with Crippen molar-refractivity contribution in [1.29, 1.82) is 0 Å². The lowest BCUT2D eigenvalue weighted by molar-refractivity contribution is -0.136. The van der Waals surface area contributed by atoms with Gasteiger partial charge < -0.3 is 14.8 Å². The standard InChI is InChI=1S/C25H24FNO4/c1-14-22(25(29)31-3)23(17-9-4-6-10-18(17)26)24-19(27-14)12-15(13-20(24)28)16-8-5-7-11-21(16)30-2/h4-11,15,23,27H,12-13H2,1-3H3/t15-,23+/m0/s1. The van der Waals surface area contributed by atoms with Crippen molar-refractivity contribution in [3.8, 4) is 5.75 Å². The summed E-state index contributed by atoms with van der Waals surface area (Å²) in [6.07, 6.45) is 0.803. The highest BCUT2D eigenvalue weighted by Crippen LogP contribution is 2.47. The lowest BCUT2D eigenvalue weighted by atomic mass is 9.71. The molecular weight excluding hydrogens is 397 g/mol. The number of hydrogen-bond acceptors (Lipinski definition) is 5. The van der Waals surface area contributed by atoms with Gasteiger partial charge in [0.05, 0.1) is 25.7 Å². The van der Waals surface area contributed by atoms with Crippen molar-refractivity contribution in [3.05, 3.63) is 88.0 Å². The number of nitrogens with one attached hydrogen (secondary N) is 1. The fourth-order valence-electron chi connectivity index (χ4n) is 4.66. The van der Waals surface area contributed by atoms with Crippen LogP contribution in [0.15, 0.2) is 71.1 Å². The maximum absolute atomic E-state index is 14.8. The molecule has 0 bridgehead atoms. The number of benzene rings is 2. The highest BCUT2D eigenvalue weighted by Gasteiger charge is 2.42. The second kappa shape index (κ2) is 8.38. The van der Waals surface area contributed by atoms with E-state index in [1.54, 1.807) is 32.2 Å². The normalized spacial score (nSPS) is 20.8. The summed E-state index contributed by atoms with van der Waals surface area (Å²) in [4.78, 5) is 26.1. The van der Waals surface area contributed by atoms with Crippen molar-refractivity contribution < 1.29 is 23.5 Å². The summed E-state index contributed by atoms with van der Waals surface area (Å²) >= 11 is 0. The van der Waals surface area contributed by atoms with Gasteiger partial charge in [0.25, 0.3) is 0 Å². The van der Waals surface area contributed by atoms with Gasteiger partial charge in [-0.05, 0) is 31.0 Å². The number of carbonyl (C=O) groups is 2. The molecule has 1 aliphatic carbocycles. The Kier molecular flexibility index (Phi) is 5.63. The molecule has 0 radical (unpaired) electrons. The third-order valence-corrected chi connectivity index (χ3v) is 6.03. The molecule has 1 heterocycles. The van der Waals surface area contributed by atoms with Crippen LogP contribution in [0.2, 0.25) is 0 Å². The lowest BCUT2D eigenvalue weighted by Gasteiger charge is -2.36. The number of carbonyl (C=O) groups excluding carboxylic acids is 2. The third kappa shape index (κ3) is 3.63. The van der Waals surface area contributed by atoms with Crippen LogP contribution in [0.3, 0.4) is 0 Å². The van der Waals surface area contributed by atoms with Crippen molar-refractivity contribution >= 4 is 11.8 Å². The number of para-hydroxylation sites is 1. The van der Waals surface area contributed by atoms with Crippen LogP contribution in [-0.4, -0.2) is 26.0 Å².